The highest BCUT2D eigenvalue weighted by Gasteiger charge is 2.44. The first-order chi connectivity index (χ1) is 48.4. The minimum absolute atomic E-state index is 0.0131. The molecule has 11 atom stereocenters. The predicted molar refractivity (Wildman–Crippen MR) is 392 cm³/mol. The second-order valence-electron chi connectivity index (χ2n) is 30.0. The molecule has 2 fully saturated rings. The molecule has 4 rings (SSSR count). The van der Waals surface area contributed by atoms with Crippen LogP contribution in [0.5, 0.6) is 0 Å². The maximum atomic E-state index is 15.4. The van der Waals surface area contributed by atoms with Crippen LogP contribution in [-0.4, -0.2) is 274 Å². The number of carbonyl (C=O) groups excluding carboxylic acids is 12. The lowest BCUT2D eigenvalue weighted by Crippen LogP contribution is -2.62. The highest BCUT2D eigenvalue weighted by atomic mass is 16.5. The van der Waals surface area contributed by atoms with Gasteiger partial charge in [-0.25, -0.2) is 0 Å². The second-order valence-corrected chi connectivity index (χ2v) is 30.0. The number of aliphatic hydroxyl groups is 2. The zero-order valence-corrected chi connectivity index (χ0v) is 64.6. The van der Waals surface area contributed by atoms with E-state index in [1.165, 1.54) is 85.4 Å². The van der Waals surface area contributed by atoms with Gasteiger partial charge in [-0.15, -0.1) is 0 Å². The smallest absolute Gasteiger partial charge is 0.248 e. The van der Waals surface area contributed by atoms with Crippen molar-refractivity contribution < 1.29 is 72.5 Å². The lowest BCUT2D eigenvalue weighted by atomic mass is 9.94. The Hall–Kier alpha value is -8.04. The zero-order chi connectivity index (χ0) is 77.3. The zero-order valence-electron chi connectivity index (χ0n) is 64.6. The van der Waals surface area contributed by atoms with E-state index in [9.17, 15) is 39.0 Å². The summed E-state index contributed by atoms with van der Waals surface area (Å²) >= 11 is 0. The molecule has 27 nitrogen and oxygen atoms in total. The lowest BCUT2D eigenvalue weighted by Gasteiger charge is -2.38. The molecule has 0 saturated carbocycles. The maximum Gasteiger partial charge on any atom is 0.248 e. The monoisotopic (exact) mass is 1440 g/mol. The Morgan fingerprint density at radius 2 is 1.00 bits per heavy atom. The van der Waals surface area contributed by atoms with Gasteiger partial charge in [0.15, 0.2) is 0 Å². The number of nitrogens with zero attached hydrogens (tertiary/aromatic N) is 8. The van der Waals surface area contributed by atoms with Gasteiger partial charge in [0, 0.05) is 74.3 Å². The van der Waals surface area contributed by atoms with E-state index in [1.54, 1.807) is 100 Å². The van der Waals surface area contributed by atoms with Crippen LogP contribution >= 0.6 is 0 Å². The molecule has 0 unspecified atom stereocenters. The number of amides is 12. The molecule has 2 aromatic carbocycles. The fourth-order valence-electron chi connectivity index (χ4n) is 13.0. The van der Waals surface area contributed by atoms with Crippen LogP contribution in [-0.2, 0) is 75.1 Å². The number of ether oxygens (including phenoxy) is 1. The molecule has 0 spiro atoms. The maximum absolute atomic E-state index is 15.4. The quantitative estimate of drug-likeness (QED) is 0.104. The summed E-state index contributed by atoms with van der Waals surface area (Å²) in [5.41, 5.74) is -0.125. The third kappa shape index (κ3) is 26.0. The normalized spacial score (nSPS) is 24.4. The van der Waals surface area contributed by atoms with Crippen LogP contribution in [0.25, 0.3) is 0 Å². The van der Waals surface area contributed by atoms with Crippen LogP contribution < -0.4 is 21.3 Å². The first-order valence-corrected chi connectivity index (χ1v) is 36.8. The average molecular weight is 1440 g/mol. The number of nitrogens with one attached hydrogen (secondary N) is 4. The molecule has 6 N–H and O–H groups in total. The van der Waals surface area contributed by atoms with Crippen LogP contribution in [0.3, 0.4) is 0 Å². The minimum atomic E-state index is -1.67. The molecule has 2 aliphatic rings. The van der Waals surface area contributed by atoms with Crippen molar-refractivity contribution in [2.75, 3.05) is 87.7 Å². The van der Waals surface area contributed by atoms with E-state index < -0.39 is 175 Å². The molecule has 576 valence electrons. The number of benzene rings is 2. The van der Waals surface area contributed by atoms with E-state index in [4.69, 9.17) is 4.74 Å². The first-order valence-electron chi connectivity index (χ1n) is 36.8. The van der Waals surface area contributed by atoms with Crippen molar-refractivity contribution in [3.05, 3.63) is 71.8 Å². The number of hydrogen-bond donors (Lipinski definition) is 6. The van der Waals surface area contributed by atoms with Crippen molar-refractivity contribution in [2.24, 2.45) is 23.7 Å². The number of likely N-dealkylation sites (N-methyl/N-ethyl adjacent to an activating group) is 5. The molecular weight excluding hydrogens is 1320 g/mol. The van der Waals surface area contributed by atoms with Gasteiger partial charge in [0.25, 0.3) is 0 Å². The van der Waals surface area contributed by atoms with E-state index in [-0.39, 0.29) is 57.2 Å². The van der Waals surface area contributed by atoms with Crippen LogP contribution in [0, 0.1) is 23.7 Å². The van der Waals surface area contributed by atoms with Gasteiger partial charge in [0.2, 0.25) is 70.9 Å². The van der Waals surface area contributed by atoms with Crippen LogP contribution in [0.15, 0.2) is 60.7 Å². The number of rotatable bonds is 21. The van der Waals surface area contributed by atoms with Crippen molar-refractivity contribution in [1.29, 1.82) is 0 Å². The molecule has 12 amide bonds. The fourth-order valence-corrected chi connectivity index (χ4v) is 13.0. The highest BCUT2D eigenvalue weighted by molar-refractivity contribution is 6.00. The standard InChI is InChI=1S/C76H122N12O15/c1-19-35-87-44-62(91)81(14)59(41-53-31-25-22-26-32-53)69(95)79-64(51(10)21-3)74(100)84(17)58(40-49(6)7)68(94)80-65(52(11)89)75(101)88(36-20-2)45-63(92)82(15)60(42-54-33-27-23-28-34-54)73(99)83(16)57(39-48(4)5)67(93)78-56(46-103-47-76(12,13)102)71(97)85(18)66(50(8)9)70(96)77-55(43-61(87)90)72(98)86-37-29-24-30-38-86/h22-23,25-28,31-34,48-52,55-60,64-66,89,102H,19-21,24,29-30,35-47H2,1-18H3,(H,77,96)(H,78,93)(H,79,95)(H,80,94)/t51-,52+,55-,56-,57-,58-,59-,60-,64-,65-,66-/m0/s1. The van der Waals surface area contributed by atoms with Gasteiger partial charge in [0.05, 0.1) is 44.4 Å². The molecule has 0 aromatic heterocycles. The summed E-state index contributed by atoms with van der Waals surface area (Å²) in [6.45, 7) is 20.7. The topological polar surface area (TPSA) is 329 Å². The Bertz CT molecular complexity index is 3140. The molecule has 0 aliphatic carbocycles. The fraction of sp³-hybridized carbons (Fsp3) is 0.684. The molecule has 2 saturated heterocycles. The van der Waals surface area contributed by atoms with E-state index in [0.29, 0.717) is 56.3 Å². The molecular formula is C76H122N12O15. The number of aliphatic hydroxyl groups excluding tert-OH is 1. The van der Waals surface area contributed by atoms with Crippen molar-refractivity contribution in [3.63, 3.8) is 0 Å². The van der Waals surface area contributed by atoms with E-state index in [0.717, 1.165) is 11.3 Å². The third-order valence-corrected chi connectivity index (χ3v) is 19.3. The Kier molecular flexibility index (Phi) is 35.2. The van der Waals surface area contributed by atoms with Crippen molar-refractivity contribution >= 4 is 70.9 Å². The number of piperidine rings is 1. The summed E-state index contributed by atoms with van der Waals surface area (Å²) in [4.78, 5) is 191. The number of carbonyl (C=O) groups is 12. The second kappa shape index (κ2) is 41.5. The average Bonchev–Trinajstić information content (AvgIpc) is 0.823. The Morgan fingerprint density at radius 1 is 0.534 bits per heavy atom. The van der Waals surface area contributed by atoms with Crippen molar-refractivity contribution in [3.8, 4) is 0 Å². The van der Waals surface area contributed by atoms with E-state index in [2.05, 4.69) is 21.3 Å². The summed E-state index contributed by atoms with van der Waals surface area (Å²) in [5, 5.41) is 33.5. The Balaban J connectivity index is 2.01. The highest BCUT2D eigenvalue weighted by Crippen LogP contribution is 2.24. The molecule has 27 heteroatoms. The molecule has 2 heterocycles. The van der Waals surface area contributed by atoms with E-state index in [1.807, 2.05) is 34.6 Å². The summed E-state index contributed by atoms with van der Waals surface area (Å²) in [5.74, 6) is -10.6. The first kappa shape index (κ1) is 87.4. The Morgan fingerprint density at radius 3 is 1.49 bits per heavy atom. The molecule has 0 bridgehead atoms. The van der Waals surface area contributed by atoms with Crippen LogP contribution in [0.1, 0.15) is 159 Å². The van der Waals surface area contributed by atoms with E-state index >= 15 is 28.8 Å². The van der Waals surface area contributed by atoms with Gasteiger partial charge in [-0.05, 0) is 101 Å². The summed E-state index contributed by atoms with van der Waals surface area (Å²) in [6, 6.07) is 5.03. The summed E-state index contributed by atoms with van der Waals surface area (Å²) in [6.07, 6.45) is 0.968. The van der Waals surface area contributed by atoms with Gasteiger partial charge >= 0.3 is 0 Å². The third-order valence-electron chi connectivity index (χ3n) is 19.3. The summed E-state index contributed by atoms with van der Waals surface area (Å²) in [7, 11) is 6.97. The summed E-state index contributed by atoms with van der Waals surface area (Å²) < 4.78 is 5.93. The predicted octanol–water partition coefficient (Wildman–Crippen LogP) is 3.40. The molecule has 103 heavy (non-hydrogen) atoms. The van der Waals surface area contributed by atoms with Crippen LogP contribution in [0.2, 0.25) is 0 Å². The SMILES string of the molecule is CCCN1CC(=O)N(C)[C@@H](Cc2ccccc2)C(=O)N[C@@H]([C@@H](C)CC)C(=O)N(C)[C@@H](CC(C)C)C(=O)N[C@@H]([C@@H](C)O)C(=O)N(CCC)CC(=O)N(C)[C@@H](Cc2ccccc2)C(=O)N(C)[C@@H](CC(C)C)C(=O)N[C@@H](COCC(C)(C)O)C(=O)N(C)[C@@H](C(C)C)C(=O)N[C@H](C(=O)N2CCCCC2)CC1=O. The van der Waals surface area contributed by atoms with Gasteiger partial charge in [0.1, 0.15) is 54.4 Å². The van der Waals surface area contributed by atoms with Gasteiger partial charge in [-0.2, -0.15) is 0 Å². The molecule has 2 aromatic rings. The lowest BCUT2D eigenvalue weighted by molar-refractivity contribution is -0.151. The molecule has 0 radical (unpaired) electrons. The number of hydrogen-bond acceptors (Lipinski definition) is 15. The van der Waals surface area contributed by atoms with Crippen LogP contribution in [0.4, 0.5) is 0 Å². The minimum Gasteiger partial charge on any atom is -0.391 e. The Labute approximate surface area is 611 Å². The van der Waals surface area contributed by atoms with Crippen molar-refractivity contribution in [1.82, 2.24) is 60.5 Å². The van der Waals surface area contributed by atoms with Crippen molar-refractivity contribution in [2.45, 2.75) is 227 Å². The van der Waals surface area contributed by atoms with Gasteiger partial charge in [-0.3, -0.25) is 57.5 Å². The largest absolute Gasteiger partial charge is 0.391 e. The van der Waals surface area contributed by atoms with Gasteiger partial charge < -0.3 is 75.4 Å². The molecule has 2 aliphatic heterocycles. The number of likely N-dealkylation sites (tertiary alicyclic amines) is 1. The van der Waals surface area contributed by atoms with Gasteiger partial charge in [-0.1, -0.05) is 136 Å².